The van der Waals surface area contributed by atoms with Crippen molar-refractivity contribution in [3.05, 3.63) is 71.1 Å². The summed E-state index contributed by atoms with van der Waals surface area (Å²) < 4.78 is 5.87. The minimum Gasteiger partial charge on any atom is -0.423 e. The van der Waals surface area contributed by atoms with Gasteiger partial charge in [-0.15, -0.1) is 0 Å². The normalized spacial score (nSPS) is 16.4. The van der Waals surface area contributed by atoms with Crippen LogP contribution in [0, 0.1) is 0 Å². The molecule has 0 bridgehead atoms. The Labute approximate surface area is 196 Å². The fraction of sp³-hybridized carbons (Fsp3) is 0.292. The van der Waals surface area contributed by atoms with Gasteiger partial charge in [0.15, 0.2) is 5.58 Å². The summed E-state index contributed by atoms with van der Waals surface area (Å²) in [7, 11) is 0. The number of aromatic nitrogens is 1. The van der Waals surface area contributed by atoms with Gasteiger partial charge in [0.2, 0.25) is 11.6 Å². The number of nitrogens with zero attached hydrogens (tertiary/aromatic N) is 3. The number of piperazine rings is 1. The molecule has 0 atom stereocenters. The third kappa shape index (κ3) is 4.65. The summed E-state index contributed by atoms with van der Waals surface area (Å²) in [5.41, 5.74) is 8.65. The first kappa shape index (κ1) is 23.4. The first-order chi connectivity index (χ1) is 16.6. The Morgan fingerprint density at radius 3 is 2.29 bits per heavy atom. The number of carbonyl (C=O) groups excluding carboxylic acids is 2. The van der Waals surface area contributed by atoms with Gasteiger partial charge >= 0.3 is 0 Å². The zero-order valence-corrected chi connectivity index (χ0v) is 18.7. The van der Waals surface area contributed by atoms with Crippen LogP contribution < -0.4 is 21.8 Å². The van der Waals surface area contributed by atoms with Crippen LogP contribution in [-0.2, 0) is 0 Å². The summed E-state index contributed by atoms with van der Waals surface area (Å²) in [6.45, 7) is 4.98. The van der Waals surface area contributed by atoms with E-state index >= 15 is 0 Å². The van der Waals surface area contributed by atoms with Gasteiger partial charge in [-0.25, -0.2) is 5.90 Å². The molecule has 2 aromatic carbocycles. The maximum absolute atomic E-state index is 12.7. The number of benzene rings is 2. The van der Waals surface area contributed by atoms with E-state index in [1.54, 1.807) is 24.3 Å². The second-order valence-corrected chi connectivity index (χ2v) is 8.07. The molecule has 0 unspecified atom stereocenters. The van der Waals surface area contributed by atoms with Crippen molar-refractivity contribution in [1.82, 2.24) is 15.2 Å². The van der Waals surface area contributed by atoms with Crippen LogP contribution in [-0.4, -0.2) is 65.9 Å². The Morgan fingerprint density at radius 2 is 1.59 bits per heavy atom. The molecular weight excluding hydrogens is 436 g/mol. The summed E-state index contributed by atoms with van der Waals surface area (Å²) >= 11 is 0. The molecule has 10 heteroatoms. The van der Waals surface area contributed by atoms with Crippen molar-refractivity contribution in [2.45, 2.75) is 6.42 Å². The van der Waals surface area contributed by atoms with Crippen molar-refractivity contribution >= 4 is 28.7 Å². The molecule has 0 amide bonds. The Bertz CT molecular complexity index is 1180. The molecule has 178 valence electrons. The predicted octanol–water partition coefficient (Wildman–Crippen LogP) is 1.51. The number of oxazole rings is 1. The molecule has 1 aliphatic carbocycles. The molecule has 6 N–H and O–H groups in total. The topological polar surface area (TPSA) is 151 Å². The van der Waals surface area contributed by atoms with Crippen LogP contribution in [0.4, 0.5) is 6.01 Å². The second-order valence-electron chi connectivity index (χ2n) is 8.07. The Balaban J connectivity index is 0.00000133. The molecule has 2 aliphatic rings. The molecular formula is C24H28N6O4. The number of ketones is 2. The quantitative estimate of drug-likeness (QED) is 0.312. The van der Waals surface area contributed by atoms with Crippen molar-refractivity contribution in [3.8, 4) is 0 Å². The molecule has 10 nitrogen and oxygen atoms in total. The number of nitrogens with one attached hydrogen (secondary N) is 1. The standard InChI is InChI=1S/C24H25N5O3.H3NO/c25-20-21(23(31)17-7-2-1-6-16(17)22(20)30)26-10-5-11-28-12-14-29(15-13-28)24-27-18-8-3-4-9-19(18)32-24;1-2/h1-4,6-9,26H,5,10-15,25H2;2H,1H2. The van der Waals surface area contributed by atoms with E-state index in [0.717, 1.165) is 50.2 Å². The molecule has 1 aromatic heterocycles. The van der Waals surface area contributed by atoms with Crippen LogP contribution >= 0.6 is 0 Å². The summed E-state index contributed by atoms with van der Waals surface area (Å²) in [5.74, 6) is 2.99. The number of rotatable bonds is 6. The molecule has 0 radical (unpaired) electrons. The number of Topliss-reactive ketones (excluding diaryl/α,β-unsaturated/α-hetero) is 2. The molecule has 1 aliphatic heterocycles. The molecule has 1 fully saturated rings. The van der Waals surface area contributed by atoms with E-state index in [0.29, 0.717) is 23.7 Å². The highest BCUT2D eigenvalue weighted by molar-refractivity contribution is 6.26. The minimum absolute atomic E-state index is 0.000601. The summed E-state index contributed by atoms with van der Waals surface area (Å²) in [6.07, 6.45) is 0.836. The molecule has 1 saturated heterocycles. The lowest BCUT2D eigenvalue weighted by molar-refractivity contribution is 0.0967. The third-order valence-corrected chi connectivity index (χ3v) is 6.04. The number of fused-ring (bicyclic) bond motifs is 2. The average Bonchev–Trinajstić information content (AvgIpc) is 3.33. The van der Waals surface area contributed by atoms with Crippen molar-refractivity contribution in [2.24, 2.45) is 11.6 Å². The molecule has 2 heterocycles. The largest absolute Gasteiger partial charge is 0.423 e. The van der Waals surface area contributed by atoms with Crippen LogP contribution in [0.1, 0.15) is 27.1 Å². The molecule has 3 aromatic rings. The third-order valence-electron chi connectivity index (χ3n) is 6.04. The number of allylic oxidation sites excluding steroid dienone is 2. The Hall–Kier alpha value is -3.73. The molecule has 0 saturated carbocycles. The van der Waals surface area contributed by atoms with Gasteiger partial charge in [0.05, 0.1) is 0 Å². The lowest BCUT2D eigenvalue weighted by atomic mass is 9.90. The summed E-state index contributed by atoms with van der Waals surface area (Å²) in [5, 5.41) is 9.60. The van der Waals surface area contributed by atoms with Gasteiger partial charge in [0.1, 0.15) is 16.9 Å². The summed E-state index contributed by atoms with van der Waals surface area (Å²) in [6, 6.07) is 15.3. The predicted molar refractivity (Wildman–Crippen MR) is 128 cm³/mol. The first-order valence-corrected chi connectivity index (χ1v) is 11.1. The van der Waals surface area contributed by atoms with E-state index in [9.17, 15) is 9.59 Å². The Morgan fingerprint density at radius 1 is 0.941 bits per heavy atom. The minimum atomic E-state index is -0.294. The average molecular weight is 465 g/mol. The lowest BCUT2D eigenvalue weighted by Crippen LogP contribution is -2.47. The van der Waals surface area contributed by atoms with Crippen molar-refractivity contribution in [3.63, 3.8) is 0 Å². The smallest absolute Gasteiger partial charge is 0.298 e. The number of hydrogen-bond donors (Lipinski definition) is 4. The van der Waals surface area contributed by atoms with Crippen LogP contribution in [0.3, 0.4) is 0 Å². The Kier molecular flexibility index (Phi) is 7.21. The van der Waals surface area contributed by atoms with Gasteiger partial charge < -0.3 is 25.6 Å². The van der Waals surface area contributed by atoms with E-state index in [1.807, 2.05) is 24.3 Å². The van der Waals surface area contributed by atoms with Gasteiger partial charge in [-0.2, -0.15) is 4.98 Å². The summed E-state index contributed by atoms with van der Waals surface area (Å²) in [4.78, 5) is 34.3. The second kappa shape index (κ2) is 10.5. The number of carbonyl (C=O) groups is 2. The van der Waals surface area contributed by atoms with Gasteiger partial charge in [0, 0.05) is 43.9 Å². The zero-order valence-electron chi connectivity index (χ0n) is 18.7. The zero-order chi connectivity index (χ0) is 24.1. The van der Waals surface area contributed by atoms with Gasteiger partial charge in [-0.3, -0.25) is 14.5 Å². The molecule has 5 rings (SSSR count). The van der Waals surface area contributed by atoms with Gasteiger partial charge in [-0.1, -0.05) is 36.4 Å². The first-order valence-electron chi connectivity index (χ1n) is 11.1. The SMILES string of the molecule is NC1=C(NCCCN2CCN(c3nc4ccccc4o3)CC2)C(=O)c2ccccc2C1=O.NO. The number of anilines is 1. The fourth-order valence-electron chi connectivity index (χ4n) is 4.24. The van der Waals surface area contributed by atoms with Gasteiger partial charge in [0.25, 0.3) is 6.01 Å². The number of para-hydroxylation sites is 2. The lowest BCUT2D eigenvalue weighted by Gasteiger charge is -2.33. The van der Waals surface area contributed by atoms with E-state index in [-0.39, 0.29) is 23.0 Å². The van der Waals surface area contributed by atoms with E-state index in [4.69, 9.17) is 15.4 Å². The van der Waals surface area contributed by atoms with Gasteiger partial charge in [-0.05, 0) is 25.1 Å². The maximum Gasteiger partial charge on any atom is 0.298 e. The van der Waals surface area contributed by atoms with Crippen molar-refractivity contribution < 1.29 is 19.2 Å². The van der Waals surface area contributed by atoms with Crippen LogP contribution in [0.5, 0.6) is 0 Å². The van der Waals surface area contributed by atoms with E-state index in [2.05, 4.69) is 26.0 Å². The van der Waals surface area contributed by atoms with E-state index < -0.39 is 0 Å². The van der Waals surface area contributed by atoms with Crippen LogP contribution in [0.25, 0.3) is 11.1 Å². The highest BCUT2D eigenvalue weighted by atomic mass is 16.4. The van der Waals surface area contributed by atoms with Crippen molar-refractivity contribution in [2.75, 3.05) is 44.2 Å². The number of hydrogen-bond acceptors (Lipinski definition) is 10. The highest BCUT2D eigenvalue weighted by Gasteiger charge is 2.30. The van der Waals surface area contributed by atoms with Crippen molar-refractivity contribution in [1.29, 1.82) is 0 Å². The van der Waals surface area contributed by atoms with E-state index in [1.165, 1.54) is 0 Å². The number of nitrogens with two attached hydrogens (primary N) is 2. The highest BCUT2D eigenvalue weighted by Crippen LogP contribution is 2.23. The fourth-order valence-corrected chi connectivity index (χ4v) is 4.24. The molecule has 34 heavy (non-hydrogen) atoms. The van der Waals surface area contributed by atoms with Crippen LogP contribution in [0.2, 0.25) is 0 Å². The monoisotopic (exact) mass is 464 g/mol. The maximum atomic E-state index is 12.7. The molecule has 0 spiro atoms. The van der Waals surface area contributed by atoms with Crippen LogP contribution in [0.15, 0.2) is 64.3 Å².